The molecule has 2 rings (SSSR count). The van der Waals surface area contributed by atoms with Crippen LogP contribution in [0.25, 0.3) is 6.08 Å². The van der Waals surface area contributed by atoms with E-state index in [1.807, 2.05) is 19.1 Å². The van der Waals surface area contributed by atoms with Crippen LogP contribution in [-0.4, -0.2) is 17.6 Å². The van der Waals surface area contributed by atoms with Crippen LogP contribution in [0.3, 0.4) is 0 Å². The summed E-state index contributed by atoms with van der Waals surface area (Å²) in [4.78, 5) is 12.3. The molecule has 2 N–H and O–H groups in total. The van der Waals surface area contributed by atoms with Gasteiger partial charge in [-0.3, -0.25) is 4.79 Å². The van der Waals surface area contributed by atoms with Crippen molar-refractivity contribution in [3.63, 3.8) is 0 Å². The summed E-state index contributed by atoms with van der Waals surface area (Å²) < 4.78 is 6.33. The Morgan fingerprint density at radius 2 is 2.04 bits per heavy atom. The largest absolute Gasteiger partial charge is 0.508 e. The molecule has 0 heterocycles. The number of amides is 1. The maximum Gasteiger partial charge on any atom is 0.266 e. The van der Waals surface area contributed by atoms with Crippen LogP contribution in [0, 0.1) is 11.3 Å². The Labute approximate surface area is 148 Å². The van der Waals surface area contributed by atoms with E-state index in [0.29, 0.717) is 23.6 Å². The molecule has 0 saturated carbocycles. The number of phenolic OH excluding ortho intramolecular Hbond substituents is 1. The molecule has 24 heavy (non-hydrogen) atoms. The second-order valence-corrected chi connectivity index (χ2v) is 5.70. The van der Waals surface area contributed by atoms with Gasteiger partial charge in [-0.25, -0.2) is 0 Å². The van der Waals surface area contributed by atoms with Crippen molar-refractivity contribution in [2.75, 3.05) is 11.9 Å². The molecule has 0 saturated heterocycles. The molecule has 2 aromatic carbocycles. The van der Waals surface area contributed by atoms with E-state index in [1.165, 1.54) is 18.2 Å². The lowest BCUT2D eigenvalue weighted by molar-refractivity contribution is -0.112. The van der Waals surface area contributed by atoms with E-state index in [4.69, 9.17) is 4.74 Å². The van der Waals surface area contributed by atoms with Crippen molar-refractivity contribution in [3.05, 3.63) is 58.1 Å². The number of benzene rings is 2. The smallest absolute Gasteiger partial charge is 0.266 e. The number of hydrogen-bond acceptors (Lipinski definition) is 4. The third-order valence-electron chi connectivity index (χ3n) is 3.06. The molecule has 0 bridgehead atoms. The fraction of sp³-hybridized carbons (Fsp3) is 0.111. The molecule has 5 nitrogen and oxygen atoms in total. The number of rotatable bonds is 5. The number of halogens is 1. The fourth-order valence-electron chi connectivity index (χ4n) is 1.97. The first kappa shape index (κ1) is 17.6. The van der Waals surface area contributed by atoms with E-state index >= 15 is 0 Å². The first-order valence-electron chi connectivity index (χ1n) is 7.18. The van der Waals surface area contributed by atoms with Gasteiger partial charge in [0.2, 0.25) is 0 Å². The molecule has 0 radical (unpaired) electrons. The Morgan fingerprint density at radius 1 is 1.33 bits per heavy atom. The number of hydrogen-bond donors (Lipinski definition) is 2. The topological polar surface area (TPSA) is 82.3 Å². The number of ether oxygens (including phenoxy) is 1. The zero-order valence-electron chi connectivity index (χ0n) is 12.9. The van der Waals surface area contributed by atoms with E-state index in [-0.39, 0.29) is 11.3 Å². The zero-order chi connectivity index (χ0) is 17.5. The summed E-state index contributed by atoms with van der Waals surface area (Å²) in [7, 11) is 0. The van der Waals surface area contributed by atoms with Crippen molar-refractivity contribution in [2.24, 2.45) is 0 Å². The maximum absolute atomic E-state index is 12.3. The van der Waals surface area contributed by atoms with Crippen molar-refractivity contribution < 1.29 is 14.6 Å². The Balaban J connectivity index is 2.28. The molecule has 0 aliphatic carbocycles. The van der Waals surface area contributed by atoms with Crippen molar-refractivity contribution >= 4 is 33.6 Å². The van der Waals surface area contributed by atoms with Crippen LogP contribution in [-0.2, 0) is 4.79 Å². The summed E-state index contributed by atoms with van der Waals surface area (Å²) in [6.07, 6.45) is 1.48. The summed E-state index contributed by atoms with van der Waals surface area (Å²) in [6.45, 7) is 2.34. The van der Waals surface area contributed by atoms with Crippen molar-refractivity contribution in [3.8, 4) is 17.6 Å². The van der Waals surface area contributed by atoms with Crippen LogP contribution in [0.15, 0.2) is 52.5 Å². The van der Waals surface area contributed by atoms with Crippen molar-refractivity contribution in [1.82, 2.24) is 0 Å². The third kappa shape index (κ3) is 4.61. The number of anilines is 1. The highest BCUT2D eigenvalue weighted by molar-refractivity contribution is 9.10. The molecule has 1 amide bonds. The minimum atomic E-state index is -0.536. The molecular formula is C18H15BrN2O3. The predicted octanol–water partition coefficient (Wildman–Crippen LogP) is 4.10. The van der Waals surface area contributed by atoms with Gasteiger partial charge in [0.05, 0.1) is 6.61 Å². The molecular weight excluding hydrogens is 372 g/mol. The second kappa shape index (κ2) is 8.18. The molecule has 0 spiro atoms. The van der Waals surface area contributed by atoms with Crippen LogP contribution in [0.5, 0.6) is 11.5 Å². The van der Waals surface area contributed by atoms with Crippen LogP contribution in [0.1, 0.15) is 12.5 Å². The van der Waals surface area contributed by atoms with E-state index in [0.717, 1.165) is 4.47 Å². The Kier molecular flexibility index (Phi) is 5.99. The highest BCUT2D eigenvalue weighted by Crippen LogP contribution is 2.26. The first-order chi connectivity index (χ1) is 11.5. The van der Waals surface area contributed by atoms with Gasteiger partial charge < -0.3 is 15.2 Å². The molecule has 122 valence electrons. The van der Waals surface area contributed by atoms with Gasteiger partial charge in [-0.1, -0.05) is 15.9 Å². The predicted molar refractivity (Wildman–Crippen MR) is 95.6 cm³/mol. The second-order valence-electron chi connectivity index (χ2n) is 4.79. The molecule has 0 aliphatic heterocycles. The van der Waals surface area contributed by atoms with Crippen LogP contribution >= 0.6 is 15.9 Å². The lowest BCUT2D eigenvalue weighted by atomic mass is 10.1. The van der Waals surface area contributed by atoms with Crippen LogP contribution < -0.4 is 10.1 Å². The minimum absolute atomic E-state index is 0.0536. The van der Waals surface area contributed by atoms with E-state index in [9.17, 15) is 15.2 Å². The van der Waals surface area contributed by atoms with Crippen molar-refractivity contribution in [2.45, 2.75) is 6.92 Å². The number of nitriles is 1. The van der Waals surface area contributed by atoms with E-state index in [2.05, 4.69) is 21.2 Å². The summed E-state index contributed by atoms with van der Waals surface area (Å²) in [5.41, 5.74) is 1.06. The van der Waals surface area contributed by atoms with Gasteiger partial charge in [0.1, 0.15) is 23.1 Å². The molecule has 0 unspecified atom stereocenters. The zero-order valence-corrected chi connectivity index (χ0v) is 14.5. The molecule has 2 aromatic rings. The standard InChI is InChI=1S/C18H15BrN2O3/c1-2-24-17-8-3-14(19)10-12(17)9-13(11-20)18(23)21-15-4-6-16(22)7-5-15/h3-10,22H,2H2,1H3,(H,21,23)/b13-9-. The lowest BCUT2D eigenvalue weighted by Crippen LogP contribution is -2.13. The van der Waals surface area contributed by atoms with E-state index in [1.54, 1.807) is 24.3 Å². The SMILES string of the molecule is CCOc1ccc(Br)cc1/C=C(/C#N)C(=O)Nc1ccc(O)cc1. The molecule has 0 aromatic heterocycles. The molecule has 0 fully saturated rings. The number of carbonyl (C=O) groups excluding carboxylic acids is 1. The monoisotopic (exact) mass is 386 g/mol. The minimum Gasteiger partial charge on any atom is -0.508 e. The molecule has 0 aliphatic rings. The van der Waals surface area contributed by atoms with Gasteiger partial charge in [-0.2, -0.15) is 5.26 Å². The Bertz CT molecular complexity index is 808. The fourth-order valence-corrected chi connectivity index (χ4v) is 2.35. The number of nitrogens with zero attached hydrogens (tertiary/aromatic N) is 1. The maximum atomic E-state index is 12.3. The van der Waals surface area contributed by atoms with Crippen molar-refractivity contribution in [1.29, 1.82) is 5.26 Å². The number of aromatic hydroxyl groups is 1. The summed E-state index contributed by atoms with van der Waals surface area (Å²) >= 11 is 3.36. The Hall–Kier alpha value is -2.78. The van der Waals surface area contributed by atoms with Gasteiger partial charge in [-0.15, -0.1) is 0 Å². The highest BCUT2D eigenvalue weighted by atomic mass is 79.9. The summed E-state index contributed by atoms with van der Waals surface area (Å²) in [6, 6.07) is 13.3. The number of nitrogens with one attached hydrogen (secondary N) is 1. The van der Waals surface area contributed by atoms with Gasteiger partial charge in [-0.05, 0) is 55.5 Å². The summed E-state index contributed by atoms with van der Waals surface area (Å²) in [5, 5.41) is 21.2. The van der Waals surface area contributed by atoms with E-state index < -0.39 is 5.91 Å². The number of phenols is 1. The van der Waals surface area contributed by atoms with Crippen LogP contribution in [0.4, 0.5) is 5.69 Å². The Morgan fingerprint density at radius 3 is 2.67 bits per heavy atom. The normalized spacial score (nSPS) is 10.8. The third-order valence-corrected chi connectivity index (χ3v) is 3.56. The average Bonchev–Trinajstić information content (AvgIpc) is 2.57. The van der Waals surface area contributed by atoms with Gasteiger partial charge in [0, 0.05) is 15.7 Å². The quantitative estimate of drug-likeness (QED) is 0.460. The average molecular weight is 387 g/mol. The highest BCUT2D eigenvalue weighted by Gasteiger charge is 2.12. The lowest BCUT2D eigenvalue weighted by Gasteiger charge is -2.09. The van der Waals surface area contributed by atoms with Gasteiger partial charge in [0.25, 0.3) is 5.91 Å². The van der Waals surface area contributed by atoms with Gasteiger partial charge >= 0.3 is 0 Å². The molecule has 0 atom stereocenters. The molecule has 6 heteroatoms. The first-order valence-corrected chi connectivity index (χ1v) is 7.97. The van der Waals surface area contributed by atoms with Crippen LogP contribution in [0.2, 0.25) is 0 Å². The number of carbonyl (C=O) groups is 1. The summed E-state index contributed by atoms with van der Waals surface area (Å²) in [5.74, 6) is 0.149. The van der Waals surface area contributed by atoms with Gasteiger partial charge in [0.15, 0.2) is 0 Å².